The molecule has 0 unspecified atom stereocenters. The van der Waals surface area contributed by atoms with Gasteiger partial charge in [0.05, 0.1) is 5.56 Å². The first-order valence-electron chi connectivity index (χ1n) is 9.32. The summed E-state index contributed by atoms with van der Waals surface area (Å²) in [6.07, 6.45) is 1.54. The van der Waals surface area contributed by atoms with Gasteiger partial charge in [-0.05, 0) is 62.2 Å². The highest BCUT2D eigenvalue weighted by molar-refractivity contribution is 6.05. The second-order valence-electron chi connectivity index (χ2n) is 7.05. The summed E-state index contributed by atoms with van der Waals surface area (Å²) in [4.78, 5) is 28.1. The van der Waals surface area contributed by atoms with Gasteiger partial charge in [-0.1, -0.05) is 23.8 Å². The Morgan fingerprint density at radius 1 is 0.862 bits per heavy atom. The summed E-state index contributed by atoms with van der Waals surface area (Å²) >= 11 is 0. The van der Waals surface area contributed by atoms with Crippen molar-refractivity contribution < 1.29 is 9.59 Å². The number of hydrogen-bond donors (Lipinski definition) is 3. The summed E-state index contributed by atoms with van der Waals surface area (Å²) in [6, 6.07) is 14.9. The number of anilines is 4. The Hall–Kier alpha value is -3.67. The fourth-order valence-electron chi connectivity index (χ4n) is 3.19. The van der Waals surface area contributed by atoms with E-state index in [-0.39, 0.29) is 11.8 Å². The number of amides is 2. The number of nitrogens with one attached hydrogen (secondary N) is 3. The zero-order valence-corrected chi connectivity index (χ0v) is 17.0. The Labute approximate surface area is 170 Å². The molecule has 0 saturated carbocycles. The summed E-state index contributed by atoms with van der Waals surface area (Å²) < 4.78 is 0. The second-order valence-corrected chi connectivity index (χ2v) is 7.05. The topological polar surface area (TPSA) is 83.1 Å². The number of aryl methyl sites for hydroxylation is 3. The number of nitrogens with zero attached hydrogens (tertiary/aromatic N) is 1. The largest absolute Gasteiger partial charge is 0.340 e. The van der Waals surface area contributed by atoms with Crippen LogP contribution in [-0.4, -0.2) is 16.8 Å². The van der Waals surface area contributed by atoms with Gasteiger partial charge < -0.3 is 16.0 Å². The Morgan fingerprint density at radius 2 is 1.55 bits per heavy atom. The van der Waals surface area contributed by atoms with Gasteiger partial charge in [-0.25, -0.2) is 4.98 Å². The van der Waals surface area contributed by atoms with Gasteiger partial charge in [0, 0.05) is 30.2 Å². The van der Waals surface area contributed by atoms with E-state index in [1.807, 2.05) is 57.2 Å². The quantitative estimate of drug-likeness (QED) is 0.577. The summed E-state index contributed by atoms with van der Waals surface area (Å²) in [5.74, 6) is 0.269. The Balaban J connectivity index is 1.70. The molecule has 0 saturated heterocycles. The minimum Gasteiger partial charge on any atom is -0.340 e. The predicted molar refractivity (Wildman–Crippen MR) is 117 cm³/mol. The van der Waals surface area contributed by atoms with Gasteiger partial charge in [-0.15, -0.1) is 0 Å². The normalized spacial score (nSPS) is 10.3. The fraction of sp³-hybridized carbons (Fsp3) is 0.174. The molecule has 0 aliphatic heterocycles. The van der Waals surface area contributed by atoms with E-state index < -0.39 is 0 Å². The average Bonchev–Trinajstić information content (AvgIpc) is 2.65. The molecule has 1 aromatic heterocycles. The number of carbonyl (C=O) groups is 2. The second kappa shape index (κ2) is 8.56. The lowest BCUT2D eigenvalue weighted by Crippen LogP contribution is -2.14. The first-order valence-corrected chi connectivity index (χ1v) is 9.32. The predicted octanol–water partition coefficient (Wildman–Crippen LogP) is 4.96. The molecule has 2 amide bonds. The van der Waals surface area contributed by atoms with Crippen molar-refractivity contribution in [2.75, 3.05) is 16.0 Å². The SMILES string of the molecule is CC(=O)Nc1cccc(Nc2ccc(C(=O)Nc3c(C)cc(C)cc3C)cn2)c1. The maximum Gasteiger partial charge on any atom is 0.257 e. The van der Waals surface area contributed by atoms with Gasteiger partial charge >= 0.3 is 0 Å². The monoisotopic (exact) mass is 388 g/mol. The van der Waals surface area contributed by atoms with E-state index in [0.717, 1.165) is 28.1 Å². The molecule has 3 rings (SSSR count). The molecule has 3 N–H and O–H groups in total. The molecule has 0 spiro atoms. The van der Waals surface area contributed by atoms with Crippen molar-refractivity contribution in [3.8, 4) is 0 Å². The summed E-state index contributed by atoms with van der Waals surface area (Å²) in [6.45, 7) is 7.46. The van der Waals surface area contributed by atoms with Gasteiger partial charge in [-0.3, -0.25) is 9.59 Å². The molecule has 0 radical (unpaired) electrons. The van der Waals surface area contributed by atoms with E-state index in [1.165, 1.54) is 13.1 Å². The molecule has 0 aliphatic rings. The van der Waals surface area contributed by atoms with Crippen LogP contribution in [0.4, 0.5) is 22.9 Å². The van der Waals surface area contributed by atoms with Crippen LogP contribution in [0.15, 0.2) is 54.7 Å². The fourth-order valence-corrected chi connectivity index (χ4v) is 3.19. The molecule has 2 aromatic carbocycles. The third-order valence-corrected chi connectivity index (χ3v) is 4.40. The molecule has 0 bridgehead atoms. The highest BCUT2D eigenvalue weighted by atomic mass is 16.2. The number of carbonyl (C=O) groups excluding carboxylic acids is 2. The highest BCUT2D eigenvalue weighted by Gasteiger charge is 2.11. The number of rotatable bonds is 5. The van der Waals surface area contributed by atoms with Crippen molar-refractivity contribution in [2.45, 2.75) is 27.7 Å². The van der Waals surface area contributed by atoms with Crippen LogP contribution < -0.4 is 16.0 Å². The Bertz CT molecular complexity index is 1040. The molecule has 0 atom stereocenters. The third kappa shape index (κ3) is 5.19. The van der Waals surface area contributed by atoms with E-state index in [9.17, 15) is 9.59 Å². The van der Waals surface area contributed by atoms with Crippen molar-refractivity contribution in [1.29, 1.82) is 0 Å². The van der Waals surface area contributed by atoms with Crippen molar-refractivity contribution in [3.63, 3.8) is 0 Å². The molecule has 6 heteroatoms. The molecule has 0 fully saturated rings. The van der Waals surface area contributed by atoms with Crippen LogP contribution in [0.1, 0.15) is 34.0 Å². The molecule has 0 aliphatic carbocycles. The molecular formula is C23H24N4O2. The van der Waals surface area contributed by atoms with Gasteiger partial charge in [-0.2, -0.15) is 0 Å². The van der Waals surface area contributed by atoms with Crippen molar-refractivity contribution in [3.05, 3.63) is 77.0 Å². The minimum absolute atomic E-state index is 0.130. The molecule has 148 valence electrons. The van der Waals surface area contributed by atoms with Crippen LogP contribution >= 0.6 is 0 Å². The van der Waals surface area contributed by atoms with Gasteiger partial charge in [0.1, 0.15) is 5.82 Å². The van der Waals surface area contributed by atoms with E-state index in [1.54, 1.807) is 12.1 Å². The van der Waals surface area contributed by atoms with Gasteiger partial charge in [0.15, 0.2) is 0 Å². The lowest BCUT2D eigenvalue weighted by atomic mass is 10.0. The maximum atomic E-state index is 12.6. The van der Waals surface area contributed by atoms with Crippen LogP contribution in [0.2, 0.25) is 0 Å². The first-order chi connectivity index (χ1) is 13.8. The van der Waals surface area contributed by atoms with Crippen LogP contribution in [0.5, 0.6) is 0 Å². The van der Waals surface area contributed by atoms with Crippen molar-refractivity contribution in [2.24, 2.45) is 0 Å². The van der Waals surface area contributed by atoms with Crippen LogP contribution in [0.25, 0.3) is 0 Å². The van der Waals surface area contributed by atoms with Crippen LogP contribution in [-0.2, 0) is 4.79 Å². The summed E-state index contributed by atoms with van der Waals surface area (Å²) in [7, 11) is 0. The van der Waals surface area contributed by atoms with E-state index in [2.05, 4.69) is 20.9 Å². The standard InChI is InChI=1S/C23H24N4O2/c1-14-10-15(2)22(16(3)11-14)27-23(29)18-8-9-21(24-13-18)26-20-7-5-6-19(12-20)25-17(4)28/h5-13H,1-4H3,(H,24,26)(H,25,28)(H,27,29). The van der Waals surface area contributed by atoms with E-state index in [0.29, 0.717) is 17.1 Å². The van der Waals surface area contributed by atoms with Crippen molar-refractivity contribution >= 4 is 34.7 Å². The zero-order valence-electron chi connectivity index (χ0n) is 17.0. The molecule has 1 heterocycles. The lowest BCUT2D eigenvalue weighted by Gasteiger charge is -2.13. The van der Waals surface area contributed by atoms with Crippen LogP contribution in [0.3, 0.4) is 0 Å². The number of benzene rings is 2. The Morgan fingerprint density at radius 3 is 2.17 bits per heavy atom. The molecule has 29 heavy (non-hydrogen) atoms. The molecular weight excluding hydrogens is 364 g/mol. The Kier molecular flexibility index (Phi) is 5.93. The number of aromatic nitrogens is 1. The third-order valence-electron chi connectivity index (χ3n) is 4.40. The van der Waals surface area contributed by atoms with Crippen LogP contribution in [0, 0.1) is 20.8 Å². The first kappa shape index (κ1) is 20.1. The number of pyridine rings is 1. The zero-order chi connectivity index (χ0) is 21.0. The number of hydrogen-bond acceptors (Lipinski definition) is 4. The van der Waals surface area contributed by atoms with E-state index in [4.69, 9.17) is 0 Å². The van der Waals surface area contributed by atoms with E-state index >= 15 is 0 Å². The highest BCUT2D eigenvalue weighted by Crippen LogP contribution is 2.23. The average molecular weight is 388 g/mol. The summed E-state index contributed by atoms with van der Waals surface area (Å²) in [5, 5.41) is 8.88. The molecule has 3 aromatic rings. The lowest BCUT2D eigenvalue weighted by molar-refractivity contribution is -0.114. The van der Waals surface area contributed by atoms with Crippen molar-refractivity contribution in [1.82, 2.24) is 4.98 Å². The van der Waals surface area contributed by atoms with Gasteiger partial charge in [0.25, 0.3) is 5.91 Å². The van der Waals surface area contributed by atoms with Gasteiger partial charge in [0.2, 0.25) is 5.91 Å². The maximum absolute atomic E-state index is 12.6. The molecule has 6 nitrogen and oxygen atoms in total. The summed E-state index contributed by atoms with van der Waals surface area (Å²) in [5.41, 5.74) is 6.01. The minimum atomic E-state index is -0.202. The smallest absolute Gasteiger partial charge is 0.257 e.